The number of carbonyl (C=O) groups is 6. The van der Waals surface area contributed by atoms with Crippen LogP contribution in [0.2, 0.25) is 0 Å². The van der Waals surface area contributed by atoms with Crippen molar-refractivity contribution >= 4 is 35.9 Å². The van der Waals surface area contributed by atoms with Crippen molar-refractivity contribution in [1.82, 2.24) is 10.6 Å². The number of carbonyl (C=O) groups excluding carboxylic acids is 6. The lowest BCUT2D eigenvalue weighted by Gasteiger charge is -2.44. The van der Waals surface area contributed by atoms with Crippen LogP contribution in [0.5, 0.6) is 0 Å². The Labute approximate surface area is 224 Å². The first-order chi connectivity index (χ1) is 18.4. The summed E-state index contributed by atoms with van der Waals surface area (Å²) in [6.07, 6.45) is -5.57. The minimum atomic E-state index is -1.57. The van der Waals surface area contributed by atoms with Crippen molar-refractivity contribution in [1.29, 1.82) is 0 Å². The number of nitrogens with one attached hydrogen (secondary N) is 2. The van der Waals surface area contributed by atoms with E-state index < -0.39 is 79.2 Å². The Bertz CT molecular complexity index is 1050. The predicted octanol–water partition coefficient (Wildman–Crippen LogP) is 0.153. The summed E-state index contributed by atoms with van der Waals surface area (Å²) in [5.41, 5.74) is 0.730. The van der Waals surface area contributed by atoms with Crippen molar-refractivity contribution in [3.8, 4) is 0 Å². The summed E-state index contributed by atoms with van der Waals surface area (Å²) in [6, 6.07) is 5.33. The lowest BCUT2D eigenvalue weighted by atomic mass is 9.96. The smallest absolute Gasteiger partial charge is 0.328 e. The summed E-state index contributed by atoms with van der Waals surface area (Å²) in [5.74, 6) is -3.85. The number of ether oxygens (including phenoxy) is 6. The molecule has 1 heterocycles. The molecule has 1 aromatic rings. The molecule has 2 N–H and O–H groups in total. The Morgan fingerprint density at radius 2 is 1.44 bits per heavy atom. The minimum Gasteiger partial charge on any atom is -0.467 e. The van der Waals surface area contributed by atoms with E-state index in [0.29, 0.717) is 0 Å². The number of hydrogen-bond acceptors (Lipinski definition) is 12. The Morgan fingerprint density at radius 3 is 1.97 bits per heavy atom. The topological polar surface area (TPSA) is 182 Å². The maximum atomic E-state index is 13.1. The van der Waals surface area contributed by atoms with E-state index in [1.165, 1.54) is 0 Å². The van der Waals surface area contributed by atoms with Gasteiger partial charge in [-0.3, -0.25) is 19.2 Å². The lowest BCUT2D eigenvalue weighted by Crippen LogP contribution is -2.68. The zero-order valence-corrected chi connectivity index (χ0v) is 22.2. The van der Waals surface area contributed by atoms with E-state index in [9.17, 15) is 28.8 Å². The first-order valence-corrected chi connectivity index (χ1v) is 11.9. The molecule has 2 amide bonds. The van der Waals surface area contributed by atoms with Crippen LogP contribution < -0.4 is 10.6 Å². The molecule has 0 saturated carbocycles. The molecular formula is C25H32N2O12. The van der Waals surface area contributed by atoms with E-state index in [-0.39, 0.29) is 6.42 Å². The van der Waals surface area contributed by atoms with Gasteiger partial charge in [-0.15, -0.1) is 0 Å². The van der Waals surface area contributed by atoms with Gasteiger partial charge in [-0.05, 0) is 5.56 Å². The molecule has 2 rings (SSSR count). The quantitative estimate of drug-likeness (QED) is 0.297. The number of methoxy groups -OCH3 is 1. The fourth-order valence-electron chi connectivity index (χ4n) is 3.86. The van der Waals surface area contributed by atoms with Gasteiger partial charge in [0.1, 0.15) is 24.8 Å². The largest absolute Gasteiger partial charge is 0.467 e. The highest BCUT2D eigenvalue weighted by molar-refractivity contribution is 5.84. The third kappa shape index (κ3) is 9.89. The van der Waals surface area contributed by atoms with Gasteiger partial charge in [0.25, 0.3) is 0 Å². The van der Waals surface area contributed by atoms with Crippen LogP contribution in [-0.2, 0) is 58.8 Å². The average molecular weight is 553 g/mol. The Kier molecular flexibility index (Phi) is 11.7. The van der Waals surface area contributed by atoms with Gasteiger partial charge in [0, 0.05) is 34.1 Å². The molecule has 1 unspecified atom stereocenters. The molecule has 0 spiro atoms. The summed E-state index contributed by atoms with van der Waals surface area (Å²) in [7, 11) is 1.16. The second-order valence-corrected chi connectivity index (χ2v) is 8.51. The van der Waals surface area contributed by atoms with Crippen LogP contribution in [0.25, 0.3) is 0 Å². The standard InChI is InChI=1S/C25H32N2O12/c1-13(28)35-12-19-21(36-14(2)29)22(37-15(3)30)20(24(39-19)38-16(4)31)27-25(33)26-18(23(32)34-5)11-17-9-7-6-8-10-17/h6-10,18-22,24H,11-12H2,1-5H3,(H2,26,27,33)/t18?,19-,20-,21-,22-,24-/m1/s1. The van der Waals surface area contributed by atoms with Crippen LogP contribution in [0.15, 0.2) is 30.3 Å². The lowest BCUT2D eigenvalue weighted by molar-refractivity contribution is -0.270. The van der Waals surface area contributed by atoms with Crippen LogP contribution in [0.1, 0.15) is 33.3 Å². The van der Waals surface area contributed by atoms with E-state index in [1.54, 1.807) is 30.3 Å². The van der Waals surface area contributed by atoms with E-state index >= 15 is 0 Å². The molecule has 14 nitrogen and oxygen atoms in total. The maximum absolute atomic E-state index is 13.1. The van der Waals surface area contributed by atoms with Gasteiger partial charge in [0.15, 0.2) is 12.2 Å². The van der Waals surface area contributed by atoms with Gasteiger partial charge < -0.3 is 39.1 Å². The summed E-state index contributed by atoms with van der Waals surface area (Å²) in [6.45, 7) is 3.92. The monoisotopic (exact) mass is 552 g/mol. The van der Waals surface area contributed by atoms with Gasteiger partial charge in [-0.1, -0.05) is 30.3 Å². The normalized spacial score (nSPS) is 22.8. The SMILES string of the molecule is COC(=O)C(Cc1ccccc1)NC(=O)N[C@H]1[C@H](OC(C)=O)O[C@H](COC(C)=O)[C@@H](OC(C)=O)[C@@H]1OC(C)=O. The fourth-order valence-corrected chi connectivity index (χ4v) is 3.86. The molecule has 14 heteroatoms. The highest BCUT2D eigenvalue weighted by atomic mass is 16.7. The second kappa shape index (κ2) is 14.7. The molecular weight excluding hydrogens is 520 g/mol. The molecule has 6 atom stereocenters. The van der Waals surface area contributed by atoms with Gasteiger partial charge in [-0.2, -0.15) is 0 Å². The summed E-state index contributed by atoms with van der Waals surface area (Å²) in [5, 5.41) is 4.96. The predicted molar refractivity (Wildman–Crippen MR) is 130 cm³/mol. The van der Waals surface area contributed by atoms with Crippen molar-refractivity contribution < 1.29 is 57.2 Å². The van der Waals surface area contributed by atoms with Gasteiger partial charge in [0.2, 0.25) is 6.29 Å². The van der Waals surface area contributed by atoms with Crippen LogP contribution in [-0.4, -0.2) is 86.3 Å². The van der Waals surface area contributed by atoms with Crippen molar-refractivity contribution in [3.05, 3.63) is 35.9 Å². The molecule has 0 aromatic heterocycles. The number of urea groups is 1. The number of hydrogen-bond donors (Lipinski definition) is 2. The van der Waals surface area contributed by atoms with Crippen molar-refractivity contribution in [2.45, 2.75) is 70.8 Å². The number of esters is 5. The zero-order valence-electron chi connectivity index (χ0n) is 22.2. The van der Waals surface area contributed by atoms with Gasteiger partial charge in [-0.25, -0.2) is 9.59 Å². The fraction of sp³-hybridized carbons (Fsp3) is 0.520. The molecule has 1 aliphatic heterocycles. The molecule has 1 aromatic carbocycles. The molecule has 214 valence electrons. The van der Waals surface area contributed by atoms with Crippen molar-refractivity contribution in [3.63, 3.8) is 0 Å². The summed E-state index contributed by atoms with van der Waals surface area (Å²) in [4.78, 5) is 72.6. The summed E-state index contributed by atoms with van der Waals surface area (Å²) < 4.78 is 31.4. The zero-order chi connectivity index (χ0) is 29.1. The Hall–Kier alpha value is -4.20. The Balaban J connectivity index is 2.37. The summed E-state index contributed by atoms with van der Waals surface area (Å²) >= 11 is 0. The van der Waals surface area contributed by atoms with Crippen LogP contribution in [0, 0.1) is 0 Å². The Morgan fingerprint density at radius 1 is 0.846 bits per heavy atom. The van der Waals surface area contributed by atoms with E-state index in [1.807, 2.05) is 0 Å². The molecule has 0 bridgehead atoms. The van der Waals surface area contributed by atoms with E-state index in [2.05, 4.69) is 10.6 Å². The van der Waals surface area contributed by atoms with Crippen LogP contribution in [0.4, 0.5) is 4.79 Å². The van der Waals surface area contributed by atoms with Gasteiger partial charge in [0.05, 0.1) is 7.11 Å². The molecule has 39 heavy (non-hydrogen) atoms. The van der Waals surface area contributed by atoms with Crippen LogP contribution >= 0.6 is 0 Å². The number of amides is 2. The van der Waals surface area contributed by atoms with Crippen molar-refractivity contribution in [2.75, 3.05) is 13.7 Å². The van der Waals surface area contributed by atoms with Gasteiger partial charge >= 0.3 is 35.9 Å². The minimum absolute atomic E-state index is 0.0867. The van der Waals surface area contributed by atoms with Crippen LogP contribution in [0.3, 0.4) is 0 Å². The molecule has 1 saturated heterocycles. The molecule has 1 aliphatic rings. The third-order valence-electron chi connectivity index (χ3n) is 5.35. The maximum Gasteiger partial charge on any atom is 0.328 e. The highest BCUT2D eigenvalue weighted by Gasteiger charge is 2.52. The first-order valence-electron chi connectivity index (χ1n) is 11.9. The number of benzene rings is 1. The van der Waals surface area contributed by atoms with Crippen molar-refractivity contribution in [2.24, 2.45) is 0 Å². The highest BCUT2D eigenvalue weighted by Crippen LogP contribution is 2.28. The van der Waals surface area contributed by atoms with E-state index in [0.717, 1.165) is 40.4 Å². The van der Waals surface area contributed by atoms with E-state index in [4.69, 9.17) is 28.4 Å². The molecule has 0 aliphatic carbocycles. The first kappa shape index (κ1) is 31.0. The third-order valence-corrected chi connectivity index (χ3v) is 5.35. The molecule has 0 radical (unpaired) electrons. The second-order valence-electron chi connectivity index (χ2n) is 8.51. The average Bonchev–Trinajstić information content (AvgIpc) is 2.85. The number of rotatable bonds is 10. The molecule has 1 fully saturated rings.